The van der Waals surface area contributed by atoms with Crippen LogP contribution in [0.2, 0.25) is 0 Å². The van der Waals surface area contributed by atoms with Gasteiger partial charge in [0.25, 0.3) is 0 Å². The Kier molecular flexibility index (Phi) is 13.0. The number of quaternary nitrogens is 2. The quantitative estimate of drug-likeness (QED) is 0.107. The van der Waals surface area contributed by atoms with E-state index in [2.05, 4.69) is 0 Å². The number of rotatable bonds is 18. The molecule has 0 aliphatic heterocycles. The van der Waals surface area contributed by atoms with Gasteiger partial charge in [-0.15, -0.1) is 0 Å². The number of carbonyl (C=O) groups excluding carboxylic acids is 2. The number of hydrogen-bond acceptors (Lipinski definition) is 8. The molecule has 0 fully saturated rings. The van der Waals surface area contributed by atoms with Gasteiger partial charge < -0.3 is 29.2 Å². The van der Waals surface area contributed by atoms with E-state index in [4.69, 9.17) is 18.9 Å². The number of likely N-dealkylation sites (N-methyl/N-ethyl adjacent to an activating group) is 2. The van der Waals surface area contributed by atoms with Crippen molar-refractivity contribution in [3.63, 3.8) is 0 Å². The van der Waals surface area contributed by atoms with Gasteiger partial charge in [-0.3, -0.25) is 8.97 Å². The van der Waals surface area contributed by atoms with Crippen LogP contribution in [-0.2, 0) is 9.59 Å². The van der Waals surface area contributed by atoms with Crippen molar-refractivity contribution in [1.29, 1.82) is 0 Å². The number of amides is 2. The normalized spacial score (nSPS) is 13.2. The number of methoxy groups -OCH3 is 2. The molecular weight excluding hydrogens is 624 g/mol. The van der Waals surface area contributed by atoms with Gasteiger partial charge in [-0.05, 0) is 52.0 Å². The lowest BCUT2D eigenvalue weighted by Gasteiger charge is -2.38. The molecule has 10 nitrogen and oxygen atoms in total. The van der Waals surface area contributed by atoms with Gasteiger partial charge >= 0.3 is 11.8 Å². The Morgan fingerprint density at radius 2 is 0.857 bits per heavy atom. The highest BCUT2D eigenvalue weighted by Gasteiger charge is 2.43. The summed E-state index contributed by atoms with van der Waals surface area (Å²) in [5, 5.41) is 25.8. The Balaban J connectivity index is 1.41. The van der Waals surface area contributed by atoms with Crippen molar-refractivity contribution in [3.05, 3.63) is 72.8 Å². The topological polar surface area (TPSA) is 112 Å². The fraction of sp³-hybridized carbons (Fsp3) is 0.436. The van der Waals surface area contributed by atoms with Crippen LogP contribution in [0, 0.1) is 0 Å². The summed E-state index contributed by atoms with van der Waals surface area (Å²) in [6.45, 7) is 9.40. The van der Waals surface area contributed by atoms with Gasteiger partial charge in [-0.1, -0.05) is 48.5 Å². The van der Waals surface area contributed by atoms with Crippen LogP contribution in [0.4, 0.5) is 0 Å². The van der Waals surface area contributed by atoms with Gasteiger partial charge in [-0.2, -0.15) is 0 Å². The zero-order valence-corrected chi connectivity index (χ0v) is 29.7. The first-order chi connectivity index (χ1) is 23.6. The third-order valence-corrected chi connectivity index (χ3v) is 9.89. The molecule has 10 heteroatoms. The minimum atomic E-state index is -0.954. The van der Waals surface area contributed by atoms with E-state index in [0.29, 0.717) is 37.7 Å². The fourth-order valence-corrected chi connectivity index (χ4v) is 6.73. The number of aliphatic hydroxyl groups excluding tert-OH is 2. The van der Waals surface area contributed by atoms with Crippen molar-refractivity contribution in [1.82, 2.24) is 0 Å². The van der Waals surface area contributed by atoms with Crippen molar-refractivity contribution in [2.24, 2.45) is 0 Å². The summed E-state index contributed by atoms with van der Waals surface area (Å²) in [7, 11) is 3.24. The zero-order chi connectivity index (χ0) is 35.6. The van der Waals surface area contributed by atoms with E-state index in [0.717, 1.165) is 33.0 Å². The third-order valence-electron chi connectivity index (χ3n) is 9.89. The van der Waals surface area contributed by atoms with Crippen LogP contribution in [0.25, 0.3) is 21.5 Å². The molecule has 0 aliphatic rings. The summed E-state index contributed by atoms with van der Waals surface area (Å²) < 4.78 is 22.9. The number of benzene rings is 4. The van der Waals surface area contributed by atoms with Crippen molar-refractivity contribution < 1.29 is 47.7 Å². The van der Waals surface area contributed by atoms with E-state index < -0.39 is 12.2 Å². The largest absolute Gasteiger partial charge is 0.496 e. The number of hydrogen-bond donors (Lipinski definition) is 2. The number of ether oxygens (including phenoxy) is 4. The molecule has 4 aromatic carbocycles. The van der Waals surface area contributed by atoms with E-state index in [1.54, 1.807) is 14.2 Å². The lowest BCUT2D eigenvalue weighted by atomic mass is 10.1. The Labute approximate surface area is 289 Å². The molecule has 4 rings (SSSR count). The summed E-state index contributed by atoms with van der Waals surface area (Å²) >= 11 is 0. The van der Waals surface area contributed by atoms with Crippen LogP contribution in [0.3, 0.4) is 0 Å². The minimum Gasteiger partial charge on any atom is -0.496 e. The molecule has 264 valence electrons. The third kappa shape index (κ3) is 8.33. The molecule has 4 aromatic rings. The Morgan fingerprint density at radius 1 is 0.551 bits per heavy atom. The van der Waals surface area contributed by atoms with Crippen molar-refractivity contribution >= 4 is 33.4 Å². The number of nitrogens with zero attached hydrogens (tertiary/aromatic N) is 2. The molecular formula is C39H52N2O8+2. The molecule has 0 saturated heterocycles. The highest BCUT2D eigenvalue weighted by Crippen LogP contribution is 2.33. The molecule has 2 atom stereocenters. The Hall–Kier alpha value is -4.22. The first kappa shape index (κ1) is 37.6. The van der Waals surface area contributed by atoms with E-state index in [9.17, 15) is 19.8 Å². The van der Waals surface area contributed by atoms with Gasteiger partial charge in [0.2, 0.25) is 0 Å². The van der Waals surface area contributed by atoms with Crippen LogP contribution >= 0.6 is 0 Å². The number of fused-ring (bicyclic) bond motifs is 2. The summed E-state index contributed by atoms with van der Waals surface area (Å²) in [5.41, 5.74) is 0. The van der Waals surface area contributed by atoms with Crippen LogP contribution in [-0.4, -0.2) is 110 Å². The lowest BCUT2D eigenvalue weighted by Crippen LogP contribution is -2.61. The number of aliphatic hydroxyl groups is 2. The van der Waals surface area contributed by atoms with E-state index in [-0.39, 0.29) is 53.5 Å². The monoisotopic (exact) mass is 676 g/mol. The Morgan fingerprint density at radius 3 is 1.16 bits per heavy atom. The molecule has 2 amide bonds. The van der Waals surface area contributed by atoms with Gasteiger partial charge in [0.05, 0.1) is 40.4 Å². The minimum absolute atomic E-state index is 0.0167. The number of carbonyl (C=O) groups is 2. The first-order valence-electron chi connectivity index (χ1n) is 17.1. The smallest absolute Gasteiger partial charge is 0.327 e. The molecule has 49 heavy (non-hydrogen) atoms. The standard InChI is InChI=1S/C39H52N2O8/c1-7-40(8-2,24-28(42)26-48-36-21-13-15-30-32(36)17-11-19-34(30)46-5)38(44)23-39(45)41(9-3,10-4)25-29(43)27-49-37-22-14-16-31-33(37)18-12-20-35(31)47-6/h11-22,28-29,42-43H,7-10,23-27H2,1-6H3/q+2. The van der Waals surface area contributed by atoms with Crippen LogP contribution in [0.5, 0.6) is 23.0 Å². The van der Waals surface area contributed by atoms with Crippen molar-refractivity contribution in [2.45, 2.75) is 46.3 Å². The van der Waals surface area contributed by atoms with Gasteiger partial charge in [-0.25, -0.2) is 9.59 Å². The predicted molar refractivity (Wildman–Crippen MR) is 191 cm³/mol. The highest BCUT2D eigenvalue weighted by molar-refractivity contribution is 5.94. The maximum atomic E-state index is 13.9. The lowest BCUT2D eigenvalue weighted by molar-refractivity contribution is -0.862. The molecule has 0 bridgehead atoms. The summed E-state index contributed by atoms with van der Waals surface area (Å²) in [6.07, 6.45) is -2.22. The predicted octanol–water partition coefficient (Wildman–Crippen LogP) is 5.35. The summed E-state index contributed by atoms with van der Waals surface area (Å²) in [6, 6.07) is 22.7. The van der Waals surface area contributed by atoms with Gasteiger partial charge in [0, 0.05) is 21.5 Å². The molecule has 2 N–H and O–H groups in total. The van der Waals surface area contributed by atoms with E-state index >= 15 is 0 Å². The van der Waals surface area contributed by atoms with Gasteiger partial charge in [0.15, 0.2) is 6.42 Å². The average Bonchev–Trinajstić information content (AvgIpc) is 3.13. The molecule has 0 aliphatic carbocycles. The van der Waals surface area contributed by atoms with Crippen molar-refractivity contribution in [2.75, 3.05) is 66.7 Å². The maximum Gasteiger partial charge on any atom is 0.327 e. The average molecular weight is 677 g/mol. The summed E-state index contributed by atoms with van der Waals surface area (Å²) in [5.74, 6) is 2.15. The van der Waals surface area contributed by atoms with E-state index in [1.807, 2.05) is 100 Å². The van der Waals surface area contributed by atoms with E-state index in [1.165, 1.54) is 0 Å². The summed E-state index contributed by atoms with van der Waals surface area (Å²) in [4.78, 5) is 27.8. The second kappa shape index (κ2) is 16.9. The molecule has 0 radical (unpaired) electrons. The molecule has 0 heterocycles. The molecule has 0 spiro atoms. The van der Waals surface area contributed by atoms with Crippen LogP contribution in [0.15, 0.2) is 72.8 Å². The molecule has 0 saturated carbocycles. The van der Waals surface area contributed by atoms with Crippen molar-refractivity contribution in [3.8, 4) is 23.0 Å². The van der Waals surface area contributed by atoms with Crippen LogP contribution in [0.1, 0.15) is 34.1 Å². The second-order valence-electron chi connectivity index (χ2n) is 12.4. The second-order valence-corrected chi connectivity index (χ2v) is 12.4. The fourth-order valence-electron chi connectivity index (χ4n) is 6.73. The Bertz CT molecular complexity index is 1590. The first-order valence-corrected chi connectivity index (χ1v) is 17.1. The van der Waals surface area contributed by atoms with Gasteiger partial charge in [0.1, 0.15) is 61.5 Å². The molecule has 0 aromatic heterocycles. The molecule has 2 unspecified atom stereocenters. The van der Waals surface area contributed by atoms with Crippen LogP contribution < -0.4 is 18.9 Å². The SMILES string of the molecule is CC[N+](CC)(CC(O)COc1cccc2c(OC)cccc12)C(=O)CC(=O)[N+](CC)(CC)CC(O)COc1cccc2c(OC)cccc12. The maximum absolute atomic E-state index is 13.9. The zero-order valence-electron chi connectivity index (χ0n) is 29.7. The highest BCUT2D eigenvalue weighted by atomic mass is 16.5.